The van der Waals surface area contributed by atoms with E-state index in [4.69, 9.17) is 22.4 Å². The minimum absolute atomic E-state index is 0.0656. The number of hydrogen-bond donors (Lipinski definition) is 3. The summed E-state index contributed by atoms with van der Waals surface area (Å²) in [5.74, 6) is -1.97. The van der Waals surface area contributed by atoms with Crippen LogP contribution in [0.1, 0.15) is 17.3 Å². The van der Waals surface area contributed by atoms with Crippen molar-refractivity contribution in [2.45, 2.75) is 6.92 Å². The Morgan fingerprint density at radius 1 is 1.53 bits per heavy atom. The molecule has 1 aromatic carbocycles. The van der Waals surface area contributed by atoms with Gasteiger partial charge in [-0.05, 0) is 18.2 Å². The van der Waals surface area contributed by atoms with Crippen LogP contribution < -0.4 is 11.1 Å². The fraction of sp³-hybridized carbons (Fsp3) is 0.273. The van der Waals surface area contributed by atoms with Crippen LogP contribution in [0.5, 0.6) is 0 Å². The molecule has 0 radical (unpaired) electrons. The van der Waals surface area contributed by atoms with Crippen LogP contribution in [0.4, 0.5) is 5.69 Å². The molecule has 6 heteroatoms. The van der Waals surface area contributed by atoms with Crippen molar-refractivity contribution in [3.8, 4) is 0 Å². The number of hydrogen-bond acceptors (Lipinski definition) is 3. The second-order valence-electron chi connectivity index (χ2n) is 3.69. The second-order valence-corrected chi connectivity index (χ2v) is 4.09. The van der Waals surface area contributed by atoms with Gasteiger partial charge in [0, 0.05) is 12.1 Å². The van der Waals surface area contributed by atoms with Gasteiger partial charge in [0.2, 0.25) is 0 Å². The Labute approximate surface area is 104 Å². The summed E-state index contributed by atoms with van der Waals surface area (Å²) >= 11 is 5.77. The third-order valence-electron chi connectivity index (χ3n) is 2.25. The Hall–Kier alpha value is -1.75. The predicted molar refractivity (Wildman–Crippen MR) is 65.0 cm³/mol. The molecule has 0 saturated heterocycles. The first kappa shape index (κ1) is 13.3. The van der Waals surface area contributed by atoms with Gasteiger partial charge in [-0.2, -0.15) is 0 Å². The number of nitrogens with one attached hydrogen (secondary N) is 1. The van der Waals surface area contributed by atoms with Gasteiger partial charge in [-0.15, -0.1) is 0 Å². The molecule has 0 saturated carbocycles. The third-order valence-corrected chi connectivity index (χ3v) is 2.58. The molecule has 0 aliphatic carbocycles. The highest BCUT2D eigenvalue weighted by molar-refractivity contribution is 6.33. The summed E-state index contributed by atoms with van der Waals surface area (Å²) in [5, 5.41) is 11.5. The fourth-order valence-electron chi connectivity index (χ4n) is 1.10. The van der Waals surface area contributed by atoms with Crippen molar-refractivity contribution >= 4 is 29.2 Å². The maximum Gasteiger partial charge on any atom is 0.308 e. The molecule has 0 aliphatic heterocycles. The van der Waals surface area contributed by atoms with Crippen molar-refractivity contribution in [1.82, 2.24) is 5.32 Å². The van der Waals surface area contributed by atoms with E-state index in [-0.39, 0.29) is 12.5 Å². The molecular weight excluding hydrogens is 244 g/mol. The summed E-state index contributed by atoms with van der Waals surface area (Å²) in [7, 11) is 0. The number of nitrogens with two attached hydrogens (primary N) is 1. The Bertz CT molecular complexity index is 448. The first-order valence-electron chi connectivity index (χ1n) is 4.98. The van der Waals surface area contributed by atoms with Crippen LogP contribution in [-0.4, -0.2) is 23.5 Å². The molecule has 1 atom stereocenters. The zero-order chi connectivity index (χ0) is 13.0. The van der Waals surface area contributed by atoms with E-state index in [1.54, 1.807) is 0 Å². The van der Waals surface area contributed by atoms with Gasteiger partial charge in [-0.3, -0.25) is 9.59 Å². The largest absolute Gasteiger partial charge is 0.481 e. The number of carboxylic acids is 1. The van der Waals surface area contributed by atoms with E-state index < -0.39 is 11.9 Å². The van der Waals surface area contributed by atoms with Crippen molar-refractivity contribution in [2.75, 3.05) is 12.3 Å². The molecule has 0 heterocycles. The van der Waals surface area contributed by atoms with Gasteiger partial charge in [0.05, 0.1) is 16.6 Å². The quantitative estimate of drug-likeness (QED) is 0.710. The van der Waals surface area contributed by atoms with E-state index in [1.807, 2.05) is 0 Å². The Morgan fingerprint density at radius 2 is 2.18 bits per heavy atom. The highest BCUT2D eigenvalue weighted by Gasteiger charge is 2.13. The van der Waals surface area contributed by atoms with Crippen molar-refractivity contribution in [1.29, 1.82) is 0 Å². The Morgan fingerprint density at radius 3 is 2.71 bits per heavy atom. The van der Waals surface area contributed by atoms with Crippen LogP contribution in [0.3, 0.4) is 0 Å². The van der Waals surface area contributed by atoms with Gasteiger partial charge >= 0.3 is 5.97 Å². The zero-order valence-electron chi connectivity index (χ0n) is 9.24. The van der Waals surface area contributed by atoms with Crippen molar-refractivity contribution < 1.29 is 14.7 Å². The summed E-state index contributed by atoms with van der Waals surface area (Å²) in [6, 6.07) is 4.50. The van der Waals surface area contributed by atoms with Crippen molar-refractivity contribution in [3.05, 3.63) is 28.8 Å². The smallest absolute Gasteiger partial charge is 0.308 e. The number of rotatable bonds is 4. The lowest BCUT2D eigenvalue weighted by atomic mass is 10.1. The van der Waals surface area contributed by atoms with Crippen LogP contribution in [0.2, 0.25) is 5.02 Å². The van der Waals surface area contributed by atoms with Gasteiger partial charge in [0.1, 0.15) is 0 Å². The maximum atomic E-state index is 11.6. The lowest BCUT2D eigenvalue weighted by molar-refractivity contribution is -0.140. The van der Waals surface area contributed by atoms with E-state index in [2.05, 4.69) is 5.32 Å². The number of nitrogen functional groups attached to an aromatic ring is 1. The van der Waals surface area contributed by atoms with Gasteiger partial charge in [0.25, 0.3) is 5.91 Å². The molecular formula is C11H13ClN2O3. The number of aliphatic carboxylic acids is 1. The topological polar surface area (TPSA) is 92.4 Å². The Kier molecular flexibility index (Phi) is 4.34. The first-order chi connectivity index (χ1) is 7.91. The Balaban J connectivity index is 2.64. The summed E-state index contributed by atoms with van der Waals surface area (Å²) in [6.07, 6.45) is 0. The van der Waals surface area contributed by atoms with Gasteiger partial charge in [0.15, 0.2) is 0 Å². The highest BCUT2D eigenvalue weighted by Crippen LogP contribution is 2.19. The molecule has 0 bridgehead atoms. The van der Waals surface area contributed by atoms with Crippen molar-refractivity contribution in [2.24, 2.45) is 5.92 Å². The standard InChI is InChI=1S/C11H13ClN2O3/c1-6(11(16)17)5-14-10(15)7-2-3-9(13)8(12)4-7/h2-4,6H,5,13H2,1H3,(H,14,15)(H,16,17). The highest BCUT2D eigenvalue weighted by atomic mass is 35.5. The normalized spacial score (nSPS) is 11.9. The fourth-order valence-corrected chi connectivity index (χ4v) is 1.28. The van der Waals surface area contributed by atoms with Gasteiger partial charge in [-0.1, -0.05) is 18.5 Å². The number of halogens is 1. The molecule has 0 aliphatic rings. The van der Waals surface area contributed by atoms with E-state index in [0.29, 0.717) is 16.3 Å². The van der Waals surface area contributed by atoms with Crippen LogP contribution in [-0.2, 0) is 4.79 Å². The number of carboxylic acid groups (broad SMARTS) is 1. The van der Waals surface area contributed by atoms with Crippen molar-refractivity contribution in [3.63, 3.8) is 0 Å². The minimum Gasteiger partial charge on any atom is -0.481 e. The predicted octanol–water partition coefficient (Wildman–Crippen LogP) is 1.37. The molecule has 92 valence electrons. The van der Waals surface area contributed by atoms with E-state index in [1.165, 1.54) is 25.1 Å². The molecule has 0 fully saturated rings. The molecule has 0 aromatic heterocycles. The number of carbonyl (C=O) groups is 2. The second kappa shape index (κ2) is 5.54. The SMILES string of the molecule is CC(CNC(=O)c1ccc(N)c(Cl)c1)C(=O)O. The molecule has 5 nitrogen and oxygen atoms in total. The first-order valence-corrected chi connectivity index (χ1v) is 5.35. The number of amides is 1. The average Bonchev–Trinajstić information content (AvgIpc) is 2.28. The minimum atomic E-state index is -0.958. The zero-order valence-corrected chi connectivity index (χ0v) is 9.99. The van der Waals surface area contributed by atoms with Crippen LogP contribution in [0.25, 0.3) is 0 Å². The lowest BCUT2D eigenvalue weighted by Gasteiger charge is -2.09. The van der Waals surface area contributed by atoms with Gasteiger partial charge in [-0.25, -0.2) is 0 Å². The third kappa shape index (κ3) is 3.64. The maximum absolute atomic E-state index is 11.6. The van der Waals surface area contributed by atoms with Gasteiger partial charge < -0.3 is 16.2 Å². The summed E-state index contributed by atoms with van der Waals surface area (Å²) in [5.41, 5.74) is 6.25. The monoisotopic (exact) mass is 256 g/mol. The van der Waals surface area contributed by atoms with Crippen LogP contribution >= 0.6 is 11.6 Å². The van der Waals surface area contributed by atoms with E-state index >= 15 is 0 Å². The number of anilines is 1. The lowest BCUT2D eigenvalue weighted by Crippen LogP contribution is -2.31. The summed E-state index contributed by atoms with van der Waals surface area (Å²) in [4.78, 5) is 22.2. The summed E-state index contributed by atoms with van der Waals surface area (Å²) < 4.78 is 0. The average molecular weight is 257 g/mol. The molecule has 17 heavy (non-hydrogen) atoms. The molecule has 0 spiro atoms. The molecule has 1 aromatic rings. The van der Waals surface area contributed by atoms with E-state index in [0.717, 1.165) is 0 Å². The molecule has 1 unspecified atom stereocenters. The van der Waals surface area contributed by atoms with Crippen LogP contribution in [0, 0.1) is 5.92 Å². The van der Waals surface area contributed by atoms with Crippen LogP contribution in [0.15, 0.2) is 18.2 Å². The number of benzene rings is 1. The molecule has 1 amide bonds. The molecule has 4 N–H and O–H groups in total. The number of carbonyl (C=O) groups excluding carboxylic acids is 1. The summed E-state index contributed by atoms with van der Waals surface area (Å²) in [6.45, 7) is 1.58. The van der Waals surface area contributed by atoms with E-state index in [9.17, 15) is 9.59 Å². The molecule has 1 rings (SSSR count).